The lowest BCUT2D eigenvalue weighted by Crippen LogP contribution is -2.04. The molecule has 0 radical (unpaired) electrons. The van der Waals surface area contributed by atoms with Gasteiger partial charge >= 0.3 is 6.18 Å². The van der Waals surface area contributed by atoms with Crippen LogP contribution in [-0.2, 0) is 11.9 Å². The van der Waals surface area contributed by atoms with Crippen molar-refractivity contribution in [2.24, 2.45) is 0 Å². The van der Waals surface area contributed by atoms with Crippen LogP contribution in [0.15, 0.2) is 29.2 Å². The maximum absolute atomic E-state index is 12.4. The molecule has 2 rings (SSSR count). The fourth-order valence-corrected chi connectivity index (χ4v) is 1.96. The van der Waals surface area contributed by atoms with Gasteiger partial charge in [-0.2, -0.15) is 18.4 Å². The third-order valence-electron chi connectivity index (χ3n) is 1.92. The topological polar surface area (TPSA) is 54.5 Å². The molecule has 0 aliphatic carbocycles. The van der Waals surface area contributed by atoms with Crippen molar-refractivity contribution in [1.82, 2.24) is 20.6 Å². The molecule has 0 bridgehead atoms. The van der Waals surface area contributed by atoms with Crippen molar-refractivity contribution in [3.8, 4) is 0 Å². The number of alkyl halides is 3. The number of aromatic nitrogens is 4. The van der Waals surface area contributed by atoms with Crippen LogP contribution in [0.1, 0.15) is 11.4 Å². The van der Waals surface area contributed by atoms with Gasteiger partial charge in [0.05, 0.1) is 11.3 Å². The summed E-state index contributed by atoms with van der Waals surface area (Å²) in [4.78, 5) is 0.518. The molecule has 0 aliphatic rings. The minimum absolute atomic E-state index is 0.373. The summed E-state index contributed by atoms with van der Waals surface area (Å²) in [5, 5.41) is 13.1. The van der Waals surface area contributed by atoms with E-state index >= 15 is 0 Å². The normalized spacial score (nSPS) is 11.7. The zero-order valence-corrected chi connectivity index (χ0v) is 9.22. The van der Waals surface area contributed by atoms with E-state index in [0.717, 1.165) is 12.1 Å². The van der Waals surface area contributed by atoms with Crippen LogP contribution in [0.5, 0.6) is 0 Å². The second-order valence-corrected chi connectivity index (χ2v) is 4.19. The summed E-state index contributed by atoms with van der Waals surface area (Å²) in [6.07, 6.45) is -4.32. The highest BCUT2D eigenvalue weighted by Crippen LogP contribution is 2.32. The van der Waals surface area contributed by atoms with E-state index in [1.54, 1.807) is 6.07 Å². The Morgan fingerprint density at radius 3 is 2.76 bits per heavy atom. The van der Waals surface area contributed by atoms with E-state index in [9.17, 15) is 13.2 Å². The molecule has 1 aromatic heterocycles. The molecule has 0 aliphatic heterocycles. The molecule has 1 aromatic carbocycles. The lowest BCUT2D eigenvalue weighted by Gasteiger charge is -2.07. The van der Waals surface area contributed by atoms with Gasteiger partial charge in [0.15, 0.2) is 5.82 Å². The molecular weight excluding hydrogens is 253 g/mol. The summed E-state index contributed by atoms with van der Waals surface area (Å²) < 4.78 is 37.3. The highest BCUT2D eigenvalue weighted by Gasteiger charge is 2.30. The van der Waals surface area contributed by atoms with Gasteiger partial charge in [0.25, 0.3) is 0 Å². The molecule has 17 heavy (non-hydrogen) atoms. The van der Waals surface area contributed by atoms with Gasteiger partial charge in [0.1, 0.15) is 0 Å². The maximum Gasteiger partial charge on any atom is 0.416 e. The van der Waals surface area contributed by atoms with Crippen LogP contribution >= 0.6 is 11.8 Å². The first-order valence-corrected chi connectivity index (χ1v) is 5.56. The number of thioether (sulfide) groups is 1. The zero-order chi connectivity index (χ0) is 12.3. The Balaban J connectivity index is 2.07. The predicted molar refractivity (Wildman–Crippen MR) is 55.2 cm³/mol. The number of H-pyrrole nitrogens is 1. The van der Waals surface area contributed by atoms with Crippen LogP contribution in [0.2, 0.25) is 0 Å². The maximum atomic E-state index is 12.4. The SMILES string of the molecule is FC(F)(F)c1cccc(SCc2nn[nH]n2)c1. The summed E-state index contributed by atoms with van der Waals surface area (Å²) in [5.41, 5.74) is -0.657. The number of hydrogen-bond acceptors (Lipinski definition) is 4. The summed E-state index contributed by atoms with van der Waals surface area (Å²) >= 11 is 1.22. The van der Waals surface area contributed by atoms with Gasteiger partial charge in [0, 0.05) is 4.90 Å². The molecule has 8 heteroatoms. The number of halogens is 3. The highest BCUT2D eigenvalue weighted by molar-refractivity contribution is 7.98. The predicted octanol–water partition coefficient (Wildman–Crippen LogP) is 2.51. The summed E-state index contributed by atoms with van der Waals surface area (Å²) in [7, 11) is 0. The molecule has 0 amide bonds. The molecule has 0 saturated carbocycles. The third-order valence-corrected chi connectivity index (χ3v) is 2.91. The van der Waals surface area contributed by atoms with Crippen LogP contribution in [-0.4, -0.2) is 20.6 Å². The fraction of sp³-hybridized carbons (Fsp3) is 0.222. The highest BCUT2D eigenvalue weighted by atomic mass is 32.2. The quantitative estimate of drug-likeness (QED) is 0.861. The minimum Gasteiger partial charge on any atom is -0.177 e. The fourth-order valence-electron chi connectivity index (χ4n) is 1.15. The van der Waals surface area contributed by atoms with Crippen LogP contribution in [0.25, 0.3) is 0 Å². The van der Waals surface area contributed by atoms with Crippen molar-refractivity contribution in [3.05, 3.63) is 35.7 Å². The Bertz CT molecular complexity index is 483. The lowest BCUT2D eigenvalue weighted by molar-refractivity contribution is -0.137. The number of tetrazole rings is 1. The number of nitrogens with zero attached hydrogens (tertiary/aromatic N) is 3. The van der Waals surface area contributed by atoms with Crippen molar-refractivity contribution in [2.75, 3.05) is 0 Å². The van der Waals surface area contributed by atoms with E-state index in [0.29, 0.717) is 16.5 Å². The van der Waals surface area contributed by atoms with E-state index in [-0.39, 0.29) is 0 Å². The summed E-state index contributed by atoms with van der Waals surface area (Å²) in [6, 6.07) is 5.13. The first-order chi connectivity index (χ1) is 8.05. The Morgan fingerprint density at radius 2 is 2.12 bits per heavy atom. The molecule has 0 spiro atoms. The Kier molecular flexibility index (Phi) is 3.32. The van der Waals surface area contributed by atoms with Gasteiger partial charge in [-0.05, 0) is 18.2 Å². The molecule has 1 heterocycles. The Morgan fingerprint density at radius 1 is 1.29 bits per heavy atom. The largest absolute Gasteiger partial charge is 0.416 e. The van der Waals surface area contributed by atoms with E-state index in [2.05, 4.69) is 20.6 Å². The first-order valence-electron chi connectivity index (χ1n) is 4.58. The Labute approximate surface area is 98.6 Å². The average molecular weight is 260 g/mol. The van der Waals surface area contributed by atoms with Crippen molar-refractivity contribution >= 4 is 11.8 Å². The summed E-state index contributed by atoms with van der Waals surface area (Å²) in [6.45, 7) is 0. The lowest BCUT2D eigenvalue weighted by atomic mass is 10.2. The van der Waals surface area contributed by atoms with Crippen LogP contribution in [0.3, 0.4) is 0 Å². The van der Waals surface area contributed by atoms with E-state index < -0.39 is 11.7 Å². The molecule has 90 valence electrons. The standard InChI is InChI=1S/C9H7F3N4S/c10-9(11,12)6-2-1-3-7(4-6)17-5-8-13-15-16-14-8/h1-4H,5H2,(H,13,14,15,16). The molecule has 4 nitrogen and oxygen atoms in total. The minimum atomic E-state index is -4.32. The molecular formula is C9H7F3N4S. The van der Waals surface area contributed by atoms with Crippen molar-refractivity contribution < 1.29 is 13.2 Å². The Hall–Kier alpha value is -1.57. The molecule has 0 unspecified atom stereocenters. The second-order valence-electron chi connectivity index (χ2n) is 3.14. The molecule has 0 fully saturated rings. The van der Waals surface area contributed by atoms with Gasteiger partial charge in [-0.3, -0.25) is 0 Å². The number of hydrogen-bond donors (Lipinski definition) is 1. The van der Waals surface area contributed by atoms with Gasteiger partial charge in [-0.25, -0.2) is 0 Å². The van der Waals surface area contributed by atoms with Crippen LogP contribution < -0.4 is 0 Å². The number of aromatic amines is 1. The zero-order valence-electron chi connectivity index (χ0n) is 8.40. The summed E-state index contributed by atoms with van der Waals surface area (Å²) in [5.74, 6) is 0.824. The van der Waals surface area contributed by atoms with Gasteiger partial charge in [0.2, 0.25) is 0 Å². The van der Waals surface area contributed by atoms with Crippen molar-refractivity contribution in [3.63, 3.8) is 0 Å². The first kappa shape index (κ1) is 11.9. The second kappa shape index (κ2) is 4.74. The average Bonchev–Trinajstić information content (AvgIpc) is 2.78. The molecule has 0 atom stereocenters. The number of benzene rings is 1. The van der Waals surface area contributed by atoms with E-state index in [1.807, 2.05) is 0 Å². The van der Waals surface area contributed by atoms with Crippen LogP contribution in [0, 0.1) is 0 Å². The molecule has 1 N–H and O–H groups in total. The molecule has 2 aromatic rings. The van der Waals surface area contributed by atoms with Crippen LogP contribution in [0.4, 0.5) is 13.2 Å². The van der Waals surface area contributed by atoms with Gasteiger partial charge < -0.3 is 0 Å². The number of nitrogens with one attached hydrogen (secondary N) is 1. The van der Waals surface area contributed by atoms with E-state index in [1.165, 1.54) is 17.8 Å². The number of rotatable bonds is 3. The third kappa shape index (κ3) is 3.19. The van der Waals surface area contributed by atoms with Crippen molar-refractivity contribution in [2.45, 2.75) is 16.8 Å². The van der Waals surface area contributed by atoms with Crippen molar-refractivity contribution in [1.29, 1.82) is 0 Å². The van der Waals surface area contributed by atoms with Gasteiger partial charge in [-0.1, -0.05) is 11.3 Å². The van der Waals surface area contributed by atoms with Gasteiger partial charge in [-0.15, -0.1) is 22.0 Å². The van der Waals surface area contributed by atoms with E-state index in [4.69, 9.17) is 0 Å². The smallest absolute Gasteiger partial charge is 0.177 e. The molecule has 0 saturated heterocycles. The monoisotopic (exact) mass is 260 g/mol.